The maximum Gasteiger partial charge on any atom is 0.406 e. The predicted octanol–water partition coefficient (Wildman–Crippen LogP) is 3.44. The highest BCUT2D eigenvalue weighted by Crippen LogP contribution is 2.49. The number of hydrogen-bond donors (Lipinski definition) is 1. The van der Waals surface area contributed by atoms with Crippen molar-refractivity contribution in [1.29, 1.82) is 0 Å². The summed E-state index contributed by atoms with van der Waals surface area (Å²) in [5.41, 5.74) is -0.855. The molecular formula is C14H16F3NO. The van der Waals surface area contributed by atoms with E-state index in [2.05, 4.69) is 11.9 Å². The third-order valence-electron chi connectivity index (χ3n) is 3.21. The lowest BCUT2D eigenvalue weighted by molar-refractivity contribution is -0.166. The van der Waals surface area contributed by atoms with Crippen LogP contribution in [0.3, 0.4) is 0 Å². The minimum atomic E-state index is -4.17. The Kier molecular flexibility index (Phi) is 3.85. The van der Waals surface area contributed by atoms with Crippen molar-refractivity contribution in [2.75, 3.05) is 6.61 Å². The number of rotatable bonds is 6. The smallest absolute Gasteiger partial charge is 0.406 e. The van der Waals surface area contributed by atoms with Gasteiger partial charge in [-0.3, -0.25) is 5.32 Å². The topological polar surface area (TPSA) is 21.3 Å². The summed E-state index contributed by atoms with van der Waals surface area (Å²) in [6, 6.07) is 7.01. The fourth-order valence-corrected chi connectivity index (χ4v) is 1.82. The van der Waals surface area contributed by atoms with Gasteiger partial charge < -0.3 is 4.74 Å². The Morgan fingerprint density at radius 1 is 1.26 bits per heavy atom. The van der Waals surface area contributed by atoms with E-state index in [4.69, 9.17) is 4.74 Å². The third kappa shape index (κ3) is 3.29. The molecule has 0 radical (unpaired) electrons. The van der Waals surface area contributed by atoms with Gasteiger partial charge in [0.1, 0.15) is 17.9 Å². The van der Waals surface area contributed by atoms with Crippen LogP contribution in [0.1, 0.15) is 18.4 Å². The average molecular weight is 271 g/mol. The van der Waals surface area contributed by atoms with Crippen molar-refractivity contribution in [1.82, 2.24) is 5.32 Å². The summed E-state index contributed by atoms with van der Waals surface area (Å²) in [5, 5.41) is 2.61. The Bertz CT molecular complexity index is 435. The Balaban J connectivity index is 1.88. The molecule has 1 saturated carbocycles. The van der Waals surface area contributed by atoms with Gasteiger partial charge in [-0.05, 0) is 30.5 Å². The first-order chi connectivity index (χ1) is 8.97. The standard InChI is InChI=1S/C14H16F3NO/c1-2-9-19-12-5-3-11(4-6-12)10-18-13(7-8-13)14(15,16)17/h2-6,18H,1,7-10H2. The molecule has 0 spiro atoms. The largest absolute Gasteiger partial charge is 0.490 e. The zero-order valence-electron chi connectivity index (χ0n) is 10.5. The van der Waals surface area contributed by atoms with Crippen LogP contribution in [0.25, 0.3) is 0 Å². The van der Waals surface area contributed by atoms with Gasteiger partial charge in [0.05, 0.1) is 0 Å². The molecule has 1 aliphatic carbocycles. The van der Waals surface area contributed by atoms with Gasteiger partial charge in [-0.2, -0.15) is 13.2 Å². The average Bonchev–Trinajstić information content (AvgIpc) is 3.16. The molecule has 2 rings (SSSR count). The summed E-state index contributed by atoms with van der Waals surface area (Å²) >= 11 is 0. The summed E-state index contributed by atoms with van der Waals surface area (Å²) in [7, 11) is 0. The normalized spacial score (nSPS) is 17.0. The number of nitrogens with one attached hydrogen (secondary N) is 1. The second kappa shape index (κ2) is 5.25. The van der Waals surface area contributed by atoms with E-state index in [0.717, 1.165) is 5.56 Å². The minimum absolute atomic E-state index is 0.164. The van der Waals surface area contributed by atoms with Gasteiger partial charge in [-0.25, -0.2) is 0 Å². The Labute approximate surface area is 110 Å². The van der Waals surface area contributed by atoms with Gasteiger partial charge in [-0.15, -0.1) is 0 Å². The molecule has 5 heteroatoms. The van der Waals surface area contributed by atoms with Gasteiger partial charge in [0.2, 0.25) is 0 Å². The van der Waals surface area contributed by atoms with Crippen molar-refractivity contribution >= 4 is 0 Å². The van der Waals surface area contributed by atoms with Gasteiger partial charge in [-0.1, -0.05) is 24.8 Å². The van der Waals surface area contributed by atoms with Gasteiger partial charge in [0.25, 0.3) is 0 Å². The zero-order chi connectivity index (χ0) is 13.9. The van der Waals surface area contributed by atoms with Crippen molar-refractivity contribution in [2.24, 2.45) is 0 Å². The van der Waals surface area contributed by atoms with E-state index in [9.17, 15) is 13.2 Å². The molecule has 0 bridgehead atoms. The zero-order valence-corrected chi connectivity index (χ0v) is 10.5. The van der Waals surface area contributed by atoms with E-state index in [1.807, 2.05) is 0 Å². The molecular weight excluding hydrogens is 255 g/mol. The highest BCUT2D eigenvalue weighted by Gasteiger charge is 2.62. The molecule has 1 aromatic carbocycles. The monoisotopic (exact) mass is 271 g/mol. The number of ether oxygens (including phenoxy) is 1. The molecule has 1 fully saturated rings. The summed E-state index contributed by atoms with van der Waals surface area (Å²) in [6.07, 6.45) is -2.20. The lowest BCUT2D eigenvalue weighted by Crippen LogP contribution is -2.44. The van der Waals surface area contributed by atoms with E-state index in [1.165, 1.54) is 0 Å². The summed E-state index contributed by atoms with van der Waals surface area (Å²) < 4.78 is 43.4. The number of hydrogen-bond acceptors (Lipinski definition) is 2. The maximum atomic E-state index is 12.7. The molecule has 0 saturated heterocycles. The molecule has 0 aromatic heterocycles. The SMILES string of the molecule is C=CCOc1ccc(CNC2(C(F)(F)F)CC2)cc1. The van der Waals surface area contributed by atoms with Crippen molar-refractivity contribution in [3.05, 3.63) is 42.5 Å². The van der Waals surface area contributed by atoms with Gasteiger partial charge >= 0.3 is 6.18 Å². The lowest BCUT2D eigenvalue weighted by atomic mass is 10.2. The molecule has 2 nitrogen and oxygen atoms in total. The fraction of sp³-hybridized carbons (Fsp3) is 0.429. The van der Waals surface area contributed by atoms with Crippen molar-refractivity contribution in [2.45, 2.75) is 31.1 Å². The first kappa shape index (κ1) is 13.9. The molecule has 1 aliphatic rings. The second-order valence-electron chi connectivity index (χ2n) is 4.68. The summed E-state index contributed by atoms with van der Waals surface area (Å²) in [6.45, 7) is 4.16. The van der Waals surface area contributed by atoms with E-state index in [1.54, 1.807) is 30.3 Å². The summed E-state index contributed by atoms with van der Waals surface area (Å²) in [5.74, 6) is 0.681. The van der Waals surface area contributed by atoms with Crippen molar-refractivity contribution in [3.63, 3.8) is 0 Å². The van der Waals surface area contributed by atoms with Crippen LogP contribution in [-0.4, -0.2) is 18.3 Å². The highest BCUT2D eigenvalue weighted by molar-refractivity contribution is 5.27. The molecule has 0 amide bonds. The van der Waals surface area contributed by atoms with Crippen LogP contribution in [0.4, 0.5) is 13.2 Å². The molecule has 1 N–H and O–H groups in total. The van der Waals surface area contributed by atoms with Crippen LogP contribution >= 0.6 is 0 Å². The molecule has 104 valence electrons. The van der Waals surface area contributed by atoms with Crippen LogP contribution in [0.5, 0.6) is 5.75 Å². The Morgan fingerprint density at radius 3 is 2.37 bits per heavy atom. The highest BCUT2D eigenvalue weighted by atomic mass is 19.4. The van der Waals surface area contributed by atoms with Gasteiger partial charge in [0, 0.05) is 6.54 Å². The van der Waals surface area contributed by atoms with Crippen LogP contribution in [0.15, 0.2) is 36.9 Å². The predicted molar refractivity (Wildman–Crippen MR) is 67.0 cm³/mol. The Morgan fingerprint density at radius 2 is 1.89 bits per heavy atom. The number of halogens is 3. The lowest BCUT2D eigenvalue weighted by Gasteiger charge is -2.20. The minimum Gasteiger partial charge on any atom is -0.490 e. The number of benzene rings is 1. The van der Waals surface area contributed by atoms with E-state index in [0.29, 0.717) is 12.4 Å². The van der Waals surface area contributed by atoms with E-state index in [-0.39, 0.29) is 19.4 Å². The second-order valence-corrected chi connectivity index (χ2v) is 4.68. The quantitative estimate of drug-likeness (QED) is 0.800. The first-order valence-corrected chi connectivity index (χ1v) is 6.11. The van der Waals surface area contributed by atoms with Crippen LogP contribution < -0.4 is 10.1 Å². The first-order valence-electron chi connectivity index (χ1n) is 6.11. The molecule has 0 heterocycles. The summed E-state index contributed by atoms with van der Waals surface area (Å²) in [4.78, 5) is 0. The van der Waals surface area contributed by atoms with Crippen LogP contribution in [0, 0.1) is 0 Å². The maximum absolute atomic E-state index is 12.7. The van der Waals surface area contributed by atoms with Crippen molar-refractivity contribution in [3.8, 4) is 5.75 Å². The molecule has 0 atom stereocenters. The molecule has 19 heavy (non-hydrogen) atoms. The third-order valence-corrected chi connectivity index (χ3v) is 3.21. The van der Waals surface area contributed by atoms with Crippen LogP contribution in [0.2, 0.25) is 0 Å². The number of alkyl halides is 3. The van der Waals surface area contributed by atoms with Gasteiger partial charge in [0.15, 0.2) is 0 Å². The fourth-order valence-electron chi connectivity index (χ4n) is 1.82. The van der Waals surface area contributed by atoms with Crippen molar-refractivity contribution < 1.29 is 17.9 Å². The molecule has 1 aromatic rings. The Hall–Kier alpha value is -1.49. The molecule has 0 aliphatic heterocycles. The van der Waals surface area contributed by atoms with Crippen LogP contribution in [-0.2, 0) is 6.54 Å². The van der Waals surface area contributed by atoms with E-state index < -0.39 is 11.7 Å². The van der Waals surface area contributed by atoms with E-state index >= 15 is 0 Å². The molecule has 0 unspecified atom stereocenters.